The quantitative estimate of drug-likeness (QED) is 0.702. The maximum absolute atomic E-state index is 12.2. The fourth-order valence-electron chi connectivity index (χ4n) is 2.78. The zero-order chi connectivity index (χ0) is 16.1. The average molecular weight is 307 g/mol. The summed E-state index contributed by atoms with van der Waals surface area (Å²) in [5.41, 5.74) is 2.77. The zero-order valence-electron chi connectivity index (χ0n) is 13.4. The van der Waals surface area contributed by atoms with Crippen LogP contribution in [0.2, 0.25) is 0 Å². The summed E-state index contributed by atoms with van der Waals surface area (Å²) in [7, 11) is 0. The van der Waals surface area contributed by atoms with E-state index in [0.29, 0.717) is 12.2 Å². The molecule has 118 valence electrons. The first kappa shape index (κ1) is 15.4. The maximum atomic E-state index is 12.2. The molecule has 0 N–H and O–H groups in total. The van der Waals surface area contributed by atoms with Crippen LogP contribution in [0.3, 0.4) is 0 Å². The van der Waals surface area contributed by atoms with Crippen molar-refractivity contribution in [2.24, 2.45) is 0 Å². The number of rotatable bonds is 6. The molecular formula is C19H21N3O. The summed E-state index contributed by atoms with van der Waals surface area (Å²) < 4.78 is 1.57. The van der Waals surface area contributed by atoms with Gasteiger partial charge in [-0.25, -0.2) is 4.98 Å². The molecule has 0 bridgehead atoms. The van der Waals surface area contributed by atoms with Gasteiger partial charge in [0.25, 0.3) is 5.56 Å². The molecule has 1 aromatic carbocycles. The van der Waals surface area contributed by atoms with Gasteiger partial charge in [0.05, 0.1) is 5.69 Å². The van der Waals surface area contributed by atoms with E-state index in [4.69, 9.17) is 0 Å². The van der Waals surface area contributed by atoms with Gasteiger partial charge in [0.1, 0.15) is 5.65 Å². The van der Waals surface area contributed by atoms with Crippen LogP contribution in [0.15, 0.2) is 65.6 Å². The third kappa shape index (κ3) is 3.85. The van der Waals surface area contributed by atoms with E-state index in [1.165, 1.54) is 5.56 Å². The highest BCUT2D eigenvalue weighted by atomic mass is 16.1. The minimum absolute atomic E-state index is 0.0261. The van der Waals surface area contributed by atoms with Crippen molar-refractivity contribution in [3.8, 4) is 0 Å². The van der Waals surface area contributed by atoms with Crippen molar-refractivity contribution < 1.29 is 0 Å². The van der Waals surface area contributed by atoms with E-state index < -0.39 is 0 Å². The molecule has 0 unspecified atom stereocenters. The molecule has 23 heavy (non-hydrogen) atoms. The standard InChI is InChI=1S/C19H21N3O/c1-2-11-21(14-16-8-4-3-5-9-16)15-17-13-19(23)22-12-7-6-10-18(22)20-17/h3-10,12-13H,2,11,14-15H2,1H3. The molecule has 0 aliphatic rings. The van der Waals surface area contributed by atoms with Gasteiger partial charge in [-0.1, -0.05) is 43.3 Å². The zero-order valence-corrected chi connectivity index (χ0v) is 13.4. The third-order valence-corrected chi connectivity index (χ3v) is 3.80. The number of pyridine rings is 1. The van der Waals surface area contributed by atoms with Gasteiger partial charge in [-0.05, 0) is 30.7 Å². The fraction of sp³-hybridized carbons (Fsp3) is 0.263. The summed E-state index contributed by atoms with van der Waals surface area (Å²) in [4.78, 5) is 19.2. The van der Waals surface area contributed by atoms with E-state index in [0.717, 1.165) is 25.2 Å². The molecule has 4 nitrogen and oxygen atoms in total. The lowest BCUT2D eigenvalue weighted by atomic mass is 10.2. The normalized spacial score (nSPS) is 11.2. The second-order valence-electron chi connectivity index (χ2n) is 5.71. The number of hydrogen-bond acceptors (Lipinski definition) is 3. The summed E-state index contributed by atoms with van der Waals surface area (Å²) in [5.74, 6) is 0. The number of benzene rings is 1. The van der Waals surface area contributed by atoms with Crippen LogP contribution < -0.4 is 5.56 Å². The van der Waals surface area contributed by atoms with E-state index in [1.54, 1.807) is 16.7 Å². The van der Waals surface area contributed by atoms with Crippen molar-refractivity contribution in [1.29, 1.82) is 0 Å². The summed E-state index contributed by atoms with van der Waals surface area (Å²) >= 11 is 0. The Kier molecular flexibility index (Phi) is 4.83. The van der Waals surface area contributed by atoms with Crippen molar-refractivity contribution in [2.75, 3.05) is 6.54 Å². The van der Waals surface area contributed by atoms with Gasteiger partial charge in [0.15, 0.2) is 0 Å². The Hall–Kier alpha value is -2.46. The van der Waals surface area contributed by atoms with Crippen LogP contribution >= 0.6 is 0 Å². The molecule has 3 rings (SSSR count). The van der Waals surface area contributed by atoms with Crippen molar-refractivity contribution in [1.82, 2.24) is 14.3 Å². The van der Waals surface area contributed by atoms with Gasteiger partial charge in [-0.3, -0.25) is 14.1 Å². The lowest BCUT2D eigenvalue weighted by Crippen LogP contribution is -2.26. The smallest absolute Gasteiger partial charge is 0.258 e. The predicted molar refractivity (Wildman–Crippen MR) is 92.3 cm³/mol. The molecule has 0 radical (unpaired) electrons. The molecule has 0 saturated carbocycles. The Morgan fingerprint density at radius 2 is 1.83 bits per heavy atom. The Morgan fingerprint density at radius 1 is 1.04 bits per heavy atom. The van der Waals surface area contributed by atoms with E-state index in [9.17, 15) is 4.79 Å². The molecule has 2 heterocycles. The highest BCUT2D eigenvalue weighted by Gasteiger charge is 2.09. The number of hydrogen-bond donors (Lipinski definition) is 0. The second kappa shape index (κ2) is 7.20. The van der Waals surface area contributed by atoms with Gasteiger partial charge in [0, 0.05) is 25.4 Å². The first-order chi connectivity index (χ1) is 11.3. The Morgan fingerprint density at radius 3 is 2.61 bits per heavy atom. The summed E-state index contributed by atoms with van der Waals surface area (Å²) in [6.07, 6.45) is 2.82. The van der Waals surface area contributed by atoms with E-state index in [-0.39, 0.29) is 5.56 Å². The minimum Gasteiger partial charge on any atom is -0.293 e. The molecule has 3 aromatic rings. The van der Waals surface area contributed by atoms with Crippen molar-refractivity contribution >= 4 is 5.65 Å². The second-order valence-corrected chi connectivity index (χ2v) is 5.71. The lowest BCUT2D eigenvalue weighted by molar-refractivity contribution is 0.254. The number of nitrogens with zero attached hydrogens (tertiary/aromatic N) is 3. The summed E-state index contributed by atoms with van der Waals surface area (Å²) in [5, 5.41) is 0. The van der Waals surface area contributed by atoms with Crippen molar-refractivity contribution in [3.05, 3.63) is 82.4 Å². The molecule has 4 heteroatoms. The van der Waals surface area contributed by atoms with Gasteiger partial charge >= 0.3 is 0 Å². The van der Waals surface area contributed by atoms with Crippen LogP contribution in [-0.4, -0.2) is 20.8 Å². The molecule has 0 fully saturated rings. The van der Waals surface area contributed by atoms with Gasteiger partial charge < -0.3 is 0 Å². The average Bonchev–Trinajstić information content (AvgIpc) is 2.56. The van der Waals surface area contributed by atoms with Crippen LogP contribution in [0.25, 0.3) is 5.65 Å². The van der Waals surface area contributed by atoms with Crippen LogP contribution in [-0.2, 0) is 13.1 Å². The first-order valence-corrected chi connectivity index (χ1v) is 8.00. The van der Waals surface area contributed by atoms with E-state index in [1.807, 2.05) is 24.3 Å². The maximum Gasteiger partial charge on any atom is 0.258 e. The molecule has 0 amide bonds. The number of fused-ring (bicyclic) bond motifs is 1. The largest absolute Gasteiger partial charge is 0.293 e. The molecule has 0 atom stereocenters. The topological polar surface area (TPSA) is 37.6 Å². The molecule has 0 aliphatic heterocycles. The van der Waals surface area contributed by atoms with Crippen molar-refractivity contribution in [3.63, 3.8) is 0 Å². The lowest BCUT2D eigenvalue weighted by Gasteiger charge is -2.21. The molecular weight excluding hydrogens is 286 g/mol. The predicted octanol–water partition coefficient (Wildman–Crippen LogP) is 3.11. The first-order valence-electron chi connectivity index (χ1n) is 8.00. The Bertz CT molecular complexity index is 827. The molecule has 0 spiro atoms. The minimum atomic E-state index is -0.0261. The summed E-state index contributed by atoms with van der Waals surface area (Å²) in [6.45, 7) is 4.69. The van der Waals surface area contributed by atoms with Crippen LogP contribution in [0.4, 0.5) is 0 Å². The monoisotopic (exact) mass is 307 g/mol. The SMILES string of the molecule is CCCN(Cc1ccccc1)Cc1cc(=O)n2ccccc2n1. The summed E-state index contributed by atoms with van der Waals surface area (Å²) in [6, 6.07) is 17.7. The Balaban J connectivity index is 1.84. The third-order valence-electron chi connectivity index (χ3n) is 3.80. The van der Waals surface area contributed by atoms with Gasteiger partial charge in [0.2, 0.25) is 0 Å². The molecule has 0 saturated heterocycles. The van der Waals surface area contributed by atoms with E-state index >= 15 is 0 Å². The molecule has 0 aliphatic carbocycles. The molecule has 2 aromatic heterocycles. The van der Waals surface area contributed by atoms with E-state index in [2.05, 4.69) is 41.1 Å². The van der Waals surface area contributed by atoms with Crippen LogP contribution in [0.1, 0.15) is 24.6 Å². The highest BCUT2D eigenvalue weighted by molar-refractivity contribution is 5.38. The fourth-order valence-corrected chi connectivity index (χ4v) is 2.78. The van der Waals surface area contributed by atoms with Crippen molar-refractivity contribution in [2.45, 2.75) is 26.4 Å². The number of aromatic nitrogens is 2. The highest BCUT2D eigenvalue weighted by Crippen LogP contribution is 2.09. The van der Waals surface area contributed by atoms with Gasteiger partial charge in [-0.15, -0.1) is 0 Å². The van der Waals surface area contributed by atoms with Crippen LogP contribution in [0, 0.1) is 0 Å². The van der Waals surface area contributed by atoms with Gasteiger partial charge in [-0.2, -0.15) is 0 Å². The van der Waals surface area contributed by atoms with Crippen LogP contribution in [0.5, 0.6) is 0 Å². The Labute approximate surface area is 136 Å².